The van der Waals surface area contributed by atoms with Gasteiger partial charge in [0.25, 0.3) is 5.91 Å². The molecule has 108 valence electrons. The molecule has 0 bridgehead atoms. The van der Waals surface area contributed by atoms with Crippen LogP contribution in [0.25, 0.3) is 0 Å². The fourth-order valence-electron chi connectivity index (χ4n) is 1.69. The first kappa shape index (κ1) is 16.5. The Labute approximate surface area is 123 Å². The first-order valence-electron chi connectivity index (χ1n) is 6.25. The fourth-order valence-corrected chi connectivity index (χ4v) is 2.40. The van der Waals surface area contributed by atoms with E-state index in [0.717, 1.165) is 5.75 Å². The number of hydrogen-bond acceptors (Lipinski definition) is 3. The van der Waals surface area contributed by atoms with Crippen molar-refractivity contribution in [2.45, 2.75) is 13.0 Å². The second kappa shape index (κ2) is 7.93. The Morgan fingerprint density at radius 3 is 2.85 bits per heavy atom. The molecular weight excluding hydrogens is 275 g/mol. The monoisotopic (exact) mass is 294 g/mol. The summed E-state index contributed by atoms with van der Waals surface area (Å²) >= 11 is 1.66. The minimum Gasteiger partial charge on any atom is -0.338 e. The molecule has 1 atom stereocenters. The highest BCUT2D eigenvalue weighted by Crippen LogP contribution is 2.15. The molecule has 5 heteroatoms. The van der Waals surface area contributed by atoms with E-state index < -0.39 is 5.82 Å². The van der Waals surface area contributed by atoms with Crippen LogP contribution < -0.4 is 5.73 Å². The van der Waals surface area contributed by atoms with Crippen molar-refractivity contribution in [1.82, 2.24) is 4.90 Å². The topological polar surface area (TPSA) is 46.3 Å². The number of benzene rings is 1. The van der Waals surface area contributed by atoms with Gasteiger partial charge in [-0.3, -0.25) is 4.79 Å². The highest BCUT2D eigenvalue weighted by Gasteiger charge is 2.20. The minimum atomic E-state index is -0.447. The van der Waals surface area contributed by atoms with Crippen LogP contribution in [0.1, 0.15) is 22.8 Å². The lowest BCUT2D eigenvalue weighted by atomic mass is 10.1. The predicted molar refractivity (Wildman–Crippen MR) is 82.3 cm³/mol. The maximum atomic E-state index is 13.4. The van der Waals surface area contributed by atoms with Gasteiger partial charge in [-0.05, 0) is 31.4 Å². The smallest absolute Gasteiger partial charge is 0.255 e. The van der Waals surface area contributed by atoms with Gasteiger partial charge in [0.1, 0.15) is 5.82 Å². The van der Waals surface area contributed by atoms with Crippen molar-refractivity contribution in [3.05, 3.63) is 35.1 Å². The minimum absolute atomic E-state index is 0.0658. The quantitative estimate of drug-likeness (QED) is 0.864. The Hall–Kier alpha value is -1.51. The summed E-state index contributed by atoms with van der Waals surface area (Å²) < 4.78 is 13.4. The molecule has 2 N–H and O–H groups in total. The maximum Gasteiger partial charge on any atom is 0.255 e. The molecule has 1 rings (SSSR count). The summed E-state index contributed by atoms with van der Waals surface area (Å²) in [6.45, 7) is 2.16. The number of rotatable bonds is 4. The van der Waals surface area contributed by atoms with E-state index in [2.05, 4.69) is 11.8 Å². The standard InChI is InChI=1S/C15H19FN2OS/c1-11(10-20-3)18(2)15(19)14-9-13(16)7-6-12(14)5-4-8-17/h6-7,9,11H,8,10,17H2,1-3H3. The van der Waals surface area contributed by atoms with Crippen molar-refractivity contribution >= 4 is 17.7 Å². The third-order valence-corrected chi connectivity index (χ3v) is 3.74. The van der Waals surface area contributed by atoms with Gasteiger partial charge in [0.2, 0.25) is 0 Å². The maximum absolute atomic E-state index is 13.4. The average Bonchev–Trinajstić information content (AvgIpc) is 2.44. The SMILES string of the molecule is CSCC(C)N(C)C(=O)c1cc(F)ccc1C#CCN. The molecule has 0 aliphatic carbocycles. The molecule has 1 amide bonds. The molecule has 20 heavy (non-hydrogen) atoms. The largest absolute Gasteiger partial charge is 0.338 e. The molecule has 1 unspecified atom stereocenters. The van der Waals surface area contributed by atoms with Gasteiger partial charge in [0.15, 0.2) is 0 Å². The van der Waals surface area contributed by atoms with Gasteiger partial charge >= 0.3 is 0 Å². The number of nitrogens with zero attached hydrogens (tertiary/aromatic N) is 1. The van der Waals surface area contributed by atoms with Gasteiger partial charge in [-0.25, -0.2) is 4.39 Å². The predicted octanol–water partition coefficient (Wildman–Crippen LogP) is 1.96. The summed E-state index contributed by atoms with van der Waals surface area (Å²) in [4.78, 5) is 14.1. The molecule has 0 aliphatic rings. The molecule has 3 nitrogen and oxygen atoms in total. The molecule has 1 aromatic carbocycles. The normalized spacial score (nSPS) is 11.4. The second-order valence-electron chi connectivity index (χ2n) is 4.42. The Morgan fingerprint density at radius 1 is 1.55 bits per heavy atom. The summed E-state index contributed by atoms with van der Waals surface area (Å²) in [6, 6.07) is 4.10. The summed E-state index contributed by atoms with van der Waals surface area (Å²) in [5, 5.41) is 0. The molecule has 0 saturated heterocycles. The van der Waals surface area contributed by atoms with Crippen LogP contribution in [0, 0.1) is 17.7 Å². The Kier molecular flexibility index (Phi) is 6.56. The molecule has 0 aliphatic heterocycles. The van der Waals surface area contributed by atoms with E-state index in [0.29, 0.717) is 5.56 Å². The Bertz CT molecular complexity index is 536. The zero-order chi connectivity index (χ0) is 15.1. The van der Waals surface area contributed by atoms with Gasteiger partial charge < -0.3 is 10.6 Å². The summed E-state index contributed by atoms with van der Waals surface area (Å²) in [5.74, 6) is 5.65. The van der Waals surface area contributed by atoms with Crippen LogP contribution in [0.15, 0.2) is 18.2 Å². The molecule has 0 aromatic heterocycles. The summed E-state index contributed by atoms with van der Waals surface area (Å²) in [6.07, 6.45) is 1.98. The molecular formula is C15H19FN2OS. The number of thioether (sulfide) groups is 1. The molecule has 0 spiro atoms. The fraction of sp³-hybridized carbons (Fsp3) is 0.400. The molecule has 0 saturated carbocycles. The Balaban J connectivity index is 3.10. The first-order chi connectivity index (χ1) is 9.51. The van der Waals surface area contributed by atoms with Gasteiger partial charge in [-0.2, -0.15) is 11.8 Å². The average molecular weight is 294 g/mol. The van der Waals surface area contributed by atoms with Crippen molar-refractivity contribution in [1.29, 1.82) is 0 Å². The van der Waals surface area contributed by atoms with Crippen LogP contribution in [0.3, 0.4) is 0 Å². The van der Waals surface area contributed by atoms with E-state index in [-0.39, 0.29) is 24.1 Å². The van der Waals surface area contributed by atoms with E-state index in [9.17, 15) is 9.18 Å². The van der Waals surface area contributed by atoms with E-state index >= 15 is 0 Å². The van der Waals surface area contributed by atoms with E-state index in [1.54, 1.807) is 23.7 Å². The zero-order valence-corrected chi connectivity index (χ0v) is 12.8. The third-order valence-electron chi connectivity index (χ3n) is 2.93. The number of carbonyl (C=O) groups is 1. The highest BCUT2D eigenvalue weighted by molar-refractivity contribution is 7.98. The number of carbonyl (C=O) groups excluding carboxylic acids is 1. The molecule has 1 aromatic rings. The number of nitrogens with two attached hydrogens (primary N) is 1. The van der Waals surface area contributed by atoms with Crippen LogP contribution in [-0.2, 0) is 0 Å². The highest BCUT2D eigenvalue weighted by atomic mass is 32.2. The molecule has 0 heterocycles. The molecule has 0 radical (unpaired) electrons. The van der Waals surface area contributed by atoms with Crippen LogP contribution in [-0.4, -0.2) is 42.4 Å². The lowest BCUT2D eigenvalue weighted by Crippen LogP contribution is -2.37. The Morgan fingerprint density at radius 2 is 2.25 bits per heavy atom. The first-order valence-corrected chi connectivity index (χ1v) is 7.65. The summed E-state index contributed by atoms with van der Waals surface area (Å²) in [7, 11) is 1.72. The summed E-state index contributed by atoms with van der Waals surface area (Å²) in [5.41, 5.74) is 6.12. The van der Waals surface area contributed by atoms with Gasteiger partial charge in [0.05, 0.1) is 12.1 Å². The van der Waals surface area contributed by atoms with Crippen molar-refractivity contribution < 1.29 is 9.18 Å². The number of halogens is 1. The number of hydrogen-bond donors (Lipinski definition) is 1. The lowest BCUT2D eigenvalue weighted by molar-refractivity contribution is 0.0757. The van der Waals surface area contributed by atoms with E-state index in [1.165, 1.54) is 18.2 Å². The van der Waals surface area contributed by atoms with Crippen molar-refractivity contribution in [2.75, 3.05) is 25.6 Å². The van der Waals surface area contributed by atoms with Crippen molar-refractivity contribution in [3.63, 3.8) is 0 Å². The van der Waals surface area contributed by atoms with Gasteiger partial charge in [-0.1, -0.05) is 11.8 Å². The van der Waals surface area contributed by atoms with Crippen LogP contribution in [0.4, 0.5) is 4.39 Å². The molecule has 0 fully saturated rings. The van der Waals surface area contributed by atoms with Crippen LogP contribution in [0.2, 0.25) is 0 Å². The van der Waals surface area contributed by atoms with E-state index in [4.69, 9.17) is 5.73 Å². The van der Waals surface area contributed by atoms with Crippen molar-refractivity contribution in [3.8, 4) is 11.8 Å². The van der Waals surface area contributed by atoms with Crippen LogP contribution in [0.5, 0.6) is 0 Å². The van der Waals surface area contributed by atoms with Crippen LogP contribution >= 0.6 is 11.8 Å². The number of amides is 1. The van der Waals surface area contributed by atoms with Gasteiger partial charge in [0, 0.05) is 24.4 Å². The van der Waals surface area contributed by atoms with Gasteiger partial charge in [-0.15, -0.1) is 0 Å². The zero-order valence-electron chi connectivity index (χ0n) is 11.9. The van der Waals surface area contributed by atoms with Crippen molar-refractivity contribution in [2.24, 2.45) is 5.73 Å². The van der Waals surface area contributed by atoms with E-state index in [1.807, 2.05) is 13.2 Å². The second-order valence-corrected chi connectivity index (χ2v) is 5.33. The lowest BCUT2D eigenvalue weighted by Gasteiger charge is -2.24. The third kappa shape index (κ3) is 4.26.